The number of carbonyl (C=O) groups excluding carboxylic acids is 2. The van der Waals surface area contributed by atoms with Crippen molar-refractivity contribution in [2.24, 2.45) is 11.8 Å². The van der Waals surface area contributed by atoms with Crippen LogP contribution in [0.2, 0.25) is 0 Å². The molecule has 5 nitrogen and oxygen atoms in total. The van der Waals surface area contributed by atoms with Gasteiger partial charge in [0.05, 0.1) is 6.04 Å². The van der Waals surface area contributed by atoms with Gasteiger partial charge in [0.15, 0.2) is 11.6 Å². The van der Waals surface area contributed by atoms with E-state index in [0.29, 0.717) is 38.0 Å². The molecule has 0 spiro atoms. The first-order chi connectivity index (χ1) is 13.8. The normalized spacial score (nSPS) is 24.7. The number of nitrogens with one attached hydrogen (secondary N) is 1. The zero-order valence-corrected chi connectivity index (χ0v) is 16.2. The van der Waals surface area contributed by atoms with Crippen molar-refractivity contribution in [3.8, 4) is 0 Å². The van der Waals surface area contributed by atoms with E-state index >= 15 is 0 Å². The van der Waals surface area contributed by atoms with Crippen molar-refractivity contribution in [2.75, 3.05) is 19.6 Å². The molecule has 2 heterocycles. The van der Waals surface area contributed by atoms with Crippen molar-refractivity contribution in [3.63, 3.8) is 0 Å². The van der Waals surface area contributed by atoms with E-state index in [9.17, 15) is 22.8 Å². The number of rotatable bonds is 6. The molecule has 1 aromatic carbocycles. The van der Waals surface area contributed by atoms with E-state index in [-0.39, 0.29) is 42.2 Å². The number of carbonyl (C=O) groups is 2. The summed E-state index contributed by atoms with van der Waals surface area (Å²) < 4.78 is 40.2. The van der Waals surface area contributed by atoms with Gasteiger partial charge in [0, 0.05) is 50.5 Å². The number of hydrogen-bond donors (Lipinski definition) is 0. The standard InChI is InChI=1S/C21H25F3N3O2/c22-16-9-18(24)17(23)7-14(16)6-15(25)8-21(29)27-4-3-13-10-26(11-19(13)27)20(28)5-12-1-2-12/h7,9,12-13,15,19,25H,1-6,8,10-11H2/t13-,15+,19+/m0/s1. The number of fused-ring (bicyclic) bond motifs is 1. The summed E-state index contributed by atoms with van der Waals surface area (Å²) in [5, 5.41) is 0. The fourth-order valence-electron chi connectivity index (χ4n) is 4.56. The molecule has 1 saturated carbocycles. The van der Waals surface area contributed by atoms with Gasteiger partial charge in [0.1, 0.15) is 5.82 Å². The zero-order chi connectivity index (χ0) is 20.7. The Labute approximate surface area is 168 Å². The molecule has 3 fully saturated rings. The summed E-state index contributed by atoms with van der Waals surface area (Å²) in [7, 11) is 0. The quantitative estimate of drug-likeness (QED) is 0.679. The predicted molar refractivity (Wildman–Crippen MR) is 99.1 cm³/mol. The maximum atomic E-state index is 13.8. The van der Waals surface area contributed by atoms with E-state index < -0.39 is 23.5 Å². The monoisotopic (exact) mass is 408 g/mol. The van der Waals surface area contributed by atoms with Gasteiger partial charge in [0.25, 0.3) is 0 Å². The maximum absolute atomic E-state index is 13.8. The first-order valence-corrected chi connectivity index (χ1v) is 10.2. The van der Waals surface area contributed by atoms with E-state index in [4.69, 9.17) is 5.73 Å². The molecule has 1 aliphatic carbocycles. The largest absolute Gasteiger partial charge is 0.340 e. The second-order valence-corrected chi connectivity index (χ2v) is 8.61. The number of halogens is 3. The van der Waals surface area contributed by atoms with Crippen LogP contribution in [-0.2, 0) is 16.0 Å². The minimum Gasteiger partial charge on any atom is -0.340 e. The molecule has 3 atom stereocenters. The summed E-state index contributed by atoms with van der Waals surface area (Å²) in [6, 6.07) is 0.256. The molecule has 29 heavy (non-hydrogen) atoms. The minimum atomic E-state index is -1.27. The smallest absolute Gasteiger partial charge is 0.224 e. The molecule has 0 bridgehead atoms. The molecule has 2 aliphatic heterocycles. The highest BCUT2D eigenvalue weighted by Crippen LogP contribution is 2.36. The van der Waals surface area contributed by atoms with E-state index in [1.807, 2.05) is 4.90 Å². The van der Waals surface area contributed by atoms with Gasteiger partial charge in [-0.2, -0.15) is 0 Å². The van der Waals surface area contributed by atoms with Crippen LogP contribution in [0.15, 0.2) is 12.1 Å². The highest BCUT2D eigenvalue weighted by atomic mass is 19.2. The van der Waals surface area contributed by atoms with Gasteiger partial charge in [-0.25, -0.2) is 13.2 Å². The fraction of sp³-hybridized carbons (Fsp3) is 0.619. The van der Waals surface area contributed by atoms with Crippen LogP contribution in [0.5, 0.6) is 0 Å². The average molecular weight is 408 g/mol. The van der Waals surface area contributed by atoms with Crippen LogP contribution in [-0.4, -0.2) is 53.3 Å². The lowest BCUT2D eigenvalue weighted by Gasteiger charge is -2.26. The highest BCUT2D eigenvalue weighted by Gasteiger charge is 2.45. The van der Waals surface area contributed by atoms with Gasteiger partial charge in [-0.3, -0.25) is 15.3 Å². The number of benzene rings is 1. The van der Waals surface area contributed by atoms with Gasteiger partial charge in [-0.15, -0.1) is 0 Å². The van der Waals surface area contributed by atoms with Gasteiger partial charge in [0.2, 0.25) is 11.8 Å². The third kappa shape index (κ3) is 4.42. The summed E-state index contributed by atoms with van der Waals surface area (Å²) in [5.41, 5.74) is 8.01. The molecular formula is C21H25F3N3O2. The molecule has 157 valence electrons. The first-order valence-electron chi connectivity index (χ1n) is 10.2. The van der Waals surface area contributed by atoms with E-state index in [0.717, 1.165) is 25.3 Å². The Morgan fingerprint density at radius 2 is 1.76 bits per heavy atom. The summed E-state index contributed by atoms with van der Waals surface area (Å²) in [4.78, 5) is 28.7. The third-order valence-electron chi connectivity index (χ3n) is 6.36. The maximum Gasteiger partial charge on any atom is 0.224 e. The first kappa shape index (κ1) is 20.2. The Morgan fingerprint density at radius 1 is 1.03 bits per heavy atom. The van der Waals surface area contributed by atoms with Crippen LogP contribution in [0, 0.1) is 29.3 Å². The number of likely N-dealkylation sites (tertiary alicyclic amines) is 2. The van der Waals surface area contributed by atoms with Crippen molar-refractivity contribution in [1.82, 2.24) is 15.5 Å². The second kappa shape index (κ2) is 7.97. The van der Waals surface area contributed by atoms with Gasteiger partial charge in [-0.05, 0) is 43.2 Å². The van der Waals surface area contributed by atoms with Crippen molar-refractivity contribution < 1.29 is 22.8 Å². The lowest BCUT2D eigenvalue weighted by molar-refractivity contribution is -0.134. The van der Waals surface area contributed by atoms with Crippen LogP contribution in [0.4, 0.5) is 13.2 Å². The number of nitrogens with zero attached hydrogens (tertiary/aromatic N) is 2. The molecule has 1 N–H and O–H groups in total. The van der Waals surface area contributed by atoms with Crippen molar-refractivity contribution in [2.45, 2.75) is 50.6 Å². The second-order valence-electron chi connectivity index (χ2n) is 8.61. The molecule has 1 aromatic rings. The van der Waals surface area contributed by atoms with Crippen LogP contribution < -0.4 is 5.73 Å². The summed E-state index contributed by atoms with van der Waals surface area (Å²) in [6.07, 6.45) is 3.41. The van der Waals surface area contributed by atoms with E-state index in [2.05, 4.69) is 0 Å². The molecule has 3 aliphatic rings. The highest BCUT2D eigenvalue weighted by molar-refractivity contribution is 5.79. The van der Waals surface area contributed by atoms with Gasteiger partial charge < -0.3 is 9.80 Å². The molecule has 2 saturated heterocycles. The van der Waals surface area contributed by atoms with Crippen LogP contribution in [0.3, 0.4) is 0 Å². The zero-order valence-electron chi connectivity index (χ0n) is 16.2. The predicted octanol–water partition coefficient (Wildman–Crippen LogP) is 2.55. The van der Waals surface area contributed by atoms with E-state index in [1.54, 1.807) is 4.90 Å². The Balaban J connectivity index is 1.32. The van der Waals surface area contributed by atoms with Gasteiger partial charge in [-0.1, -0.05) is 0 Å². The average Bonchev–Trinajstić information content (AvgIpc) is 3.22. The van der Waals surface area contributed by atoms with Crippen molar-refractivity contribution >= 4 is 11.8 Å². The summed E-state index contributed by atoms with van der Waals surface area (Å²) in [5.74, 6) is -2.57. The van der Waals surface area contributed by atoms with Crippen molar-refractivity contribution in [3.05, 3.63) is 35.1 Å². The molecule has 1 radical (unpaired) electrons. The van der Waals surface area contributed by atoms with Crippen LogP contribution >= 0.6 is 0 Å². The number of amides is 2. The Morgan fingerprint density at radius 3 is 2.48 bits per heavy atom. The van der Waals surface area contributed by atoms with Gasteiger partial charge >= 0.3 is 0 Å². The summed E-state index contributed by atoms with van der Waals surface area (Å²) in [6.45, 7) is 1.83. The molecule has 4 rings (SSSR count). The Kier molecular flexibility index (Phi) is 5.55. The molecule has 0 aromatic heterocycles. The minimum absolute atomic E-state index is 0.0159. The Bertz CT molecular complexity index is 815. The van der Waals surface area contributed by atoms with Crippen LogP contribution in [0.25, 0.3) is 0 Å². The fourth-order valence-corrected chi connectivity index (χ4v) is 4.56. The summed E-state index contributed by atoms with van der Waals surface area (Å²) >= 11 is 0. The molecular weight excluding hydrogens is 383 g/mol. The lowest BCUT2D eigenvalue weighted by Crippen LogP contribution is -2.42. The third-order valence-corrected chi connectivity index (χ3v) is 6.36. The molecule has 8 heteroatoms. The Hall–Kier alpha value is -2.09. The van der Waals surface area contributed by atoms with Crippen LogP contribution in [0.1, 0.15) is 37.7 Å². The SMILES string of the molecule is [NH][C@@H](CC(=O)N1CC[C@H]2CN(C(=O)CC3CC3)C[C@H]21)Cc1cc(F)c(F)cc1F. The number of hydrogen-bond acceptors (Lipinski definition) is 2. The van der Waals surface area contributed by atoms with Crippen molar-refractivity contribution in [1.29, 1.82) is 0 Å². The molecule has 0 unspecified atom stereocenters. The van der Waals surface area contributed by atoms with E-state index in [1.165, 1.54) is 0 Å². The topological polar surface area (TPSA) is 64.4 Å². The lowest BCUT2D eigenvalue weighted by atomic mass is 10.0. The molecule has 2 amide bonds.